The summed E-state index contributed by atoms with van der Waals surface area (Å²) in [6.45, 7) is 1.68. The lowest BCUT2D eigenvalue weighted by Gasteiger charge is -2.13. The molecule has 0 saturated heterocycles. The number of nitrogen functional groups attached to an aromatic ring is 1. The van der Waals surface area contributed by atoms with E-state index in [1.54, 1.807) is 6.92 Å². The second-order valence-electron chi connectivity index (χ2n) is 4.46. The topological polar surface area (TPSA) is 56.0 Å². The number of aryl methyl sites for hydroxylation is 1. The molecule has 21 heavy (non-hydrogen) atoms. The zero-order valence-electron chi connectivity index (χ0n) is 10.8. The van der Waals surface area contributed by atoms with Crippen LogP contribution in [0, 0.1) is 6.92 Å². The molecule has 1 aromatic carbocycles. The Bertz CT molecular complexity index is 714. The van der Waals surface area contributed by atoms with Gasteiger partial charge >= 0.3 is 6.18 Å². The maximum Gasteiger partial charge on any atom is 0.417 e. The van der Waals surface area contributed by atoms with Gasteiger partial charge in [-0.25, -0.2) is 4.98 Å². The van der Waals surface area contributed by atoms with Crippen LogP contribution in [0.4, 0.5) is 19.0 Å². The Balaban J connectivity index is 2.61. The van der Waals surface area contributed by atoms with Crippen LogP contribution in [-0.2, 0) is 6.18 Å². The summed E-state index contributed by atoms with van der Waals surface area (Å²) in [5.74, 6) is -0.898. The summed E-state index contributed by atoms with van der Waals surface area (Å²) in [6.07, 6.45) is -3.20. The normalized spacial score (nSPS) is 11.5. The van der Waals surface area contributed by atoms with Crippen molar-refractivity contribution in [2.45, 2.75) is 13.1 Å². The molecule has 0 atom stereocenters. The summed E-state index contributed by atoms with van der Waals surface area (Å²) in [7, 11) is 0. The Morgan fingerprint density at radius 1 is 1.24 bits per heavy atom. The summed E-state index contributed by atoms with van der Waals surface area (Å²) < 4.78 is 39.4. The molecule has 0 aliphatic rings. The summed E-state index contributed by atoms with van der Waals surface area (Å²) in [5.41, 5.74) is 4.73. The molecular weight excluding hydrogens is 349 g/mol. The van der Waals surface area contributed by atoms with Crippen LogP contribution in [0.15, 0.2) is 34.9 Å². The third-order valence-electron chi connectivity index (χ3n) is 2.83. The number of pyridine rings is 1. The molecule has 0 amide bonds. The molecule has 2 rings (SSSR count). The summed E-state index contributed by atoms with van der Waals surface area (Å²) in [5, 5.41) is 0. The van der Waals surface area contributed by atoms with Crippen LogP contribution >= 0.6 is 15.9 Å². The van der Waals surface area contributed by atoms with Crippen molar-refractivity contribution in [3.8, 4) is 0 Å². The first-order valence-electron chi connectivity index (χ1n) is 5.83. The standard InChI is InChI=1S/C14H10BrF3N2O/c1-7-4-10(13(19)20-6-7)12(21)9-3-2-8(15)5-11(9)14(16,17)18/h2-6H,1H3,(H2,19,20). The Kier molecular flexibility index (Phi) is 4.04. The van der Waals surface area contributed by atoms with Crippen molar-refractivity contribution in [1.29, 1.82) is 0 Å². The number of hydrogen-bond donors (Lipinski definition) is 1. The molecular formula is C14H10BrF3N2O. The highest BCUT2D eigenvalue weighted by Crippen LogP contribution is 2.35. The second kappa shape index (κ2) is 5.48. The number of nitrogens with zero attached hydrogens (tertiary/aromatic N) is 1. The van der Waals surface area contributed by atoms with E-state index in [1.165, 1.54) is 18.3 Å². The van der Waals surface area contributed by atoms with E-state index in [1.807, 2.05) is 0 Å². The number of nitrogens with two attached hydrogens (primary N) is 1. The highest BCUT2D eigenvalue weighted by atomic mass is 79.9. The Morgan fingerprint density at radius 3 is 2.52 bits per heavy atom. The minimum absolute atomic E-state index is 0.0391. The summed E-state index contributed by atoms with van der Waals surface area (Å²) >= 11 is 2.97. The maximum atomic E-state index is 13.1. The van der Waals surface area contributed by atoms with Gasteiger partial charge in [0.05, 0.1) is 11.1 Å². The van der Waals surface area contributed by atoms with E-state index in [4.69, 9.17) is 5.73 Å². The van der Waals surface area contributed by atoms with E-state index in [0.717, 1.165) is 12.1 Å². The molecule has 110 valence electrons. The van der Waals surface area contributed by atoms with Gasteiger partial charge in [-0.2, -0.15) is 13.2 Å². The highest BCUT2D eigenvalue weighted by Gasteiger charge is 2.36. The number of carbonyl (C=O) groups excluding carboxylic acids is 1. The van der Waals surface area contributed by atoms with E-state index in [2.05, 4.69) is 20.9 Å². The average Bonchev–Trinajstić information content (AvgIpc) is 2.40. The molecule has 1 aromatic heterocycles. The number of halogens is 4. The van der Waals surface area contributed by atoms with Gasteiger partial charge in [-0.05, 0) is 36.8 Å². The molecule has 0 radical (unpaired) electrons. The van der Waals surface area contributed by atoms with Crippen LogP contribution in [0.5, 0.6) is 0 Å². The van der Waals surface area contributed by atoms with Crippen LogP contribution in [0.25, 0.3) is 0 Å². The van der Waals surface area contributed by atoms with Gasteiger partial charge in [0.15, 0.2) is 5.78 Å². The van der Waals surface area contributed by atoms with Gasteiger partial charge < -0.3 is 5.73 Å². The molecule has 0 aliphatic carbocycles. The number of ketones is 1. The lowest BCUT2D eigenvalue weighted by atomic mass is 9.97. The Labute approximate surface area is 127 Å². The maximum absolute atomic E-state index is 13.1. The monoisotopic (exact) mass is 358 g/mol. The van der Waals surface area contributed by atoms with Crippen molar-refractivity contribution in [3.63, 3.8) is 0 Å². The van der Waals surface area contributed by atoms with Gasteiger partial charge in [-0.3, -0.25) is 4.79 Å². The Morgan fingerprint density at radius 2 is 1.90 bits per heavy atom. The van der Waals surface area contributed by atoms with Crippen molar-refractivity contribution in [3.05, 3.63) is 57.2 Å². The first-order valence-corrected chi connectivity index (χ1v) is 6.63. The lowest BCUT2D eigenvalue weighted by molar-refractivity contribution is -0.137. The van der Waals surface area contributed by atoms with Crippen molar-refractivity contribution >= 4 is 27.5 Å². The number of carbonyl (C=O) groups is 1. The van der Waals surface area contributed by atoms with Gasteiger partial charge in [0.1, 0.15) is 5.82 Å². The number of alkyl halides is 3. The third-order valence-corrected chi connectivity index (χ3v) is 3.32. The molecule has 0 bridgehead atoms. The van der Waals surface area contributed by atoms with Gasteiger partial charge in [0, 0.05) is 16.2 Å². The van der Waals surface area contributed by atoms with Gasteiger partial charge in [-0.1, -0.05) is 15.9 Å². The van der Waals surface area contributed by atoms with Gasteiger partial charge in [0.25, 0.3) is 0 Å². The lowest BCUT2D eigenvalue weighted by Crippen LogP contribution is -2.15. The molecule has 0 spiro atoms. The van der Waals surface area contributed by atoms with Crippen molar-refractivity contribution < 1.29 is 18.0 Å². The third kappa shape index (κ3) is 3.24. The first-order chi connectivity index (χ1) is 9.70. The molecule has 2 N–H and O–H groups in total. The van der Waals surface area contributed by atoms with E-state index < -0.39 is 23.1 Å². The number of hydrogen-bond acceptors (Lipinski definition) is 3. The SMILES string of the molecule is Cc1cnc(N)c(C(=O)c2ccc(Br)cc2C(F)(F)F)c1. The number of aromatic nitrogens is 1. The zero-order valence-corrected chi connectivity index (χ0v) is 12.4. The predicted octanol–water partition coefficient (Wildman–Crippen LogP) is 3.98. The first kappa shape index (κ1) is 15.5. The number of rotatable bonds is 2. The van der Waals surface area contributed by atoms with Gasteiger partial charge in [0.2, 0.25) is 0 Å². The quantitative estimate of drug-likeness (QED) is 0.826. The van der Waals surface area contributed by atoms with Crippen LogP contribution < -0.4 is 5.73 Å². The number of anilines is 1. The van der Waals surface area contributed by atoms with Crippen LogP contribution in [0.3, 0.4) is 0 Å². The fourth-order valence-electron chi connectivity index (χ4n) is 1.86. The van der Waals surface area contributed by atoms with E-state index in [0.29, 0.717) is 5.56 Å². The number of benzene rings is 1. The fourth-order valence-corrected chi connectivity index (χ4v) is 2.22. The molecule has 2 aromatic rings. The Hall–Kier alpha value is -1.89. The smallest absolute Gasteiger partial charge is 0.383 e. The average molecular weight is 359 g/mol. The molecule has 0 fully saturated rings. The largest absolute Gasteiger partial charge is 0.417 e. The van der Waals surface area contributed by atoms with Gasteiger partial charge in [-0.15, -0.1) is 0 Å². The molecule has 0 unspecified atom stereocenters. The fraction of sp³-hybridized carbons (Fsp3) is 0.143. The second-order valence-corrected chi connectivity index (χ2v) is 5.38. The zero-order chi connectivity index (χ0) is 15.8. The summed E-state index contributed by atoms with van der Waals surface area (Å²) in [4.78, 5) is 16.2. The molecule has 3 nitrogen and oxygen atoms in total. The van der Waals surface area contributed by atoms with Crippen molar-refractivity contribution in [2.75, 3.05) is 5.73 Å². The van der Waals surface area contributed by atoms with Crippen molar-refractivity contribution in [1.82, 2.24) is 4.98 Å². The van der Waals surface area contributed by atoms with Crippen molar-refractivity contribution in [2.24, 2.45) is 0 Å². The molecule has 1 heterocycles. The predicted molar refractivity (Wildman–Crippen MR) is 76.0 cm³/mol. The summed E-state index contributed by atoms with van der Waals surface area (Å²) in [6, 6.07) is 4.79. The van der Waals surface area contributed by atoms with Crippen LogP contribution in [0.2, 0.25) is 0 Å². The van der Waals surface area contributed by atoms with E-state index in [9.17, 15) is 18.0 Å². The van der Waals surface area contributed by atoms with Crippen LogP contribution in [-0.4, -0.2) is 10.8 Å². The molecule has 7 heteroatoms. The van der Waals surface area contributed by atoms with E-state index in [-0.39, 0.29) is 15.9 Å². The van der Waals surface area contributed by atoms with E-state index >= 15 is 0 Å². The molecule has 0 aliphatic heterocycles. The van der Waals surface area contributed by atoms with Crippen LogP contribution in [0.1, 0.15) is 27.0 Å². The minimum Gasteiger partial charge on any atom is -0.383 e. The molecule has 0 saturated carbocycles. The minimum atomic E-state index is -4.64. The highest BCUT2D eigenvalue weighted by molar-refractivity contribution is 9.10.